The Morgan fingerprint density at radius 2 is 1.62 bits per heavy atom. The Bertz CT molecular complexity index is 327. The van der Waals surface area contributed by atoms with E-state index in [1.807, 2.05) is 13.8 Å². The molecule has 1 aromatic rings. The second kappa shape index (κ2) is 3.44. The van der Waals surface area contributed by atoms with Crippen LogP contribution in [-0.4, -0.2) is 0 Å². The highest BCUT2D eigenvalue weighted by Crippen LogP contribution is 2.25. The van der Waals surface area contributed by atoms with E-state index < -0.39 is 11.6 Å². The largest absolute Gasteiger partial charge is 0.206 e. The van der Waals surface area contributed by atoms with Gasteiger partial charge < -0.3 is 0 Å². The second-order valence-corrected chi connectivity index (χ2v) is 3.69. The van der Waals surface area contributed by atoms with Gasteiger partial charge in [0, 0.05) is 5.56 Å². The Kier molecular flexibility index (Phi) is 2.69. The third kappa shape index (κ3) is 1.71. The number of hydrogen-bond donors (Lipinski definition) is 0. The summed E-state index contributed by atoms with van der Waals surface area (Å²) in [6.07, 6.45) is 0. The lowest BCUT2D eigenvalue weighted by Gasteiger charge is -2.11. The topological polar surface area (TPSA) is 0 Å². The highest BCUT2D eigenvalue weighted by atomic mass is 19.1. The molecule has 2 heteroatoms. The summed E-state index contributed by atoms with van der Waals surface area (Å²) in [7, 11) is 0. The first-order valence-electron chi connectivity index (χ1n) is 4.40. The summed E-state index contributed by atoms with van der Waals surface area (Å²) in [6.45, 7) is 6.93. The lowest BCUT2D eigenvalue weighted by atomic mass is 9.97. The van der Waals surface area contributed by atoms with Gasteiger partial charge in [-0.05, 0) is 37.0 Å². The zero-order chi connectivity index (χ0) is 10.2. The maximum Gasteiger partial charge on any atom is 0.132 e. The molecule has 0 aliphatic carbocycles. The van der Waals surface area contributed by atoms with E-state index in [1.165, 1.54) is 6.92 Å². The van der Waals surface area contributed by atoms with Crippen LogP contribution in [0.3, 0.4) is 0 Å². The van der Waals surface area contributed by atoms with Crippen LogP contribution >= 0.6 is 0 Å². The molecule has 1 aromatic carbocycles. The molecule has 0 saturated heterocycles. The number of halogens is 2. The first-order valence-corrected chi connectivity index (χ1v) is 4.40. The van der Waals surface area contributed by atoms with E-state index in [0.717, 1.165) is 0 Å². The highest BCUT2D eigenvalue weighted by molar-refractivity contribution is 5.33. The van der Waals surface area contributed by atoms with E-state index >= 15 is 0 Å². The van der Waals surface area contributed by atoms with Crippen molar-refractivity contribution in [3.63, 3.8) is 0 Å². The zero-order valence-corrected chi connectivity index (χ0v) is 8.41. The minimum atomic E-state index is -0.429. The molecule has 0 aliphatic rings. The van der Waals surface area contributed by atoms with Gasteiger partial charge in [0.05, 0.1) is 0 Å². The van der Waals surface area contributed by atoms with Gasteiger partial charge in [-0.15, -0.1) is 0 Å². The van der Waals surface area contributed by atoms with Gasteiger partial charge in [0.2, 0.25) is 0 Å². The van der Waals surface area contributed by atoms with Crippen LogP contribution in [0, 0.1) is 25.5 Å². The second-order valence-electron chi connectivity index (χ2n) is 3.69. The fraction of sp³-hybridized carbons (Fsp3) is 0.455. The molecular formula is C11H14F2. The van der Waals surface area contributed by atoms with E-state index in [4.69, 9.17) is 0 Å². The van der Waals surface area contributed by atoms with Crippen molar-refractivity contribution in [3.8, 4) is 0 Å². The SMILES string of the molecule is Cc1cc(C(C)C)c(F)c(C)c1F. The van der Waals surface area contributed by atoms with Gasteiger partial charge in [-0.2, -0.15) is 0 Å². The summed E-state index contributed by atoms with van der Waals surface area (Å²) < 4.78 is 26.6. The fourth-order valence-corrected chi connectivity index (χ4v) is 1.39. The quantitative estimate of drug-likeness (QED) is 0.624. The van der Waals surface area contributed by atoms with Gasteiger partial charge >= 0.3 is 0 Å². The number of hydrogen-bond acceptors (Lipinski definition) is 0. The summed E-state index contributed by atoms with van der Waals surface area (Å²) in [4.78, 5) is 0. The van der Waals surface area contributed by atoms with Crippen molar-refractivity contribution in [3.05, 3.63) is 34.4 Å². The third-order valence-electron chi connectivity index (χ3n) is 2.25. The molecule has 0 fully saturated rings. The van der Waals surface area contributed by atoms with E-state index in [0.29, 0.717) is 11.1 Å². The summed E-state index contributed by atoms with van der Waals surface area (Å²) in [5.74, 6) is -0.738. The number of benzene rings is 1. The van der Waals surface area contributed by atoms with Crippen LogP contribution in [0.5, 0.6) is 0 Å². The standard InChI is InChI=1S/C11H14F2/c1-6(2)9-5-7(3)10(12)8(4)11(9)13/h5-6H,1-4H3. The van der Waals surface area contributed by atoms with Gasteiger partial charge in [-0.3, -0.25) is 0 Å². The normalized spacial score (nSPS) is 11.0. The van der Waals surface area contributed by atoms with Crippen molar-refractivity contribution in [1.82, 2.24) is 0 Å². The molecule has 0 atom stereocenters. The van der Waals surface area contributed by atoms with Crippen LogP contribution in [0.25, 0.3) is 0 Å². The molecular weight excluding hydrogens is 170 g/mol. The van der Waals surface area contributed by atoms with Crippen LogP contribution in [0.2, 0.25) is 0 Å². The summed E-state index contributed by atoms with van der Waals surface area (Å²) >= 11 is 0. The van der Waals surface area contributed by atoms with Gasteiger partial charge in [0.15, 0.2) is 0 Å². The molecule has 72 valence electrons. The summed E-state index contributed by atoms with van der Waals surface area (Å²) in [5.41, 5.74) is 1.24. The maximum atomic E-state index is 13.5. The Morgan fingerprint density at radius 1 is 1.08 bits per heavy atom. The average Bonchev–Trinajstić information content (AvgIpc) is 2.07. The van der Waals surface area contributed by atoms with Crippen molar-refractivity contribution in [2.24, 2.45) is 0 Å². The molecule has 1 rings (SSSR count). The Labute approximate surface area is 77.6 Å². The van der Waals surface area contributed by atoms with Crippen LogP contribution in [0.4, 0.5) is 8.78 Å². The monoisotopic (exact) mass is 184 g/mol. The molecule has 0 spiro atoms. The van der Waals surface area contributed by atoms with Crippen molar-refractivity contribution in [1.29, 1.82) is 0 Å². The van der Waals surface area contributed by atoms with Gasteiger partial charge in [-0.1, -0.05) is 13.8 Å². The van der Waals surface area contributed by atoms with E-state index in [9.17, 15) is 8.78 Å². The lowest BCUT2D eigenvalue weighted by Crippen LogP contribution is -2.01. The molecule has 0 radical (unpaired) electrons. The summed E-state index contributed by atoms with van der Waals surface area (Å²) in [6, 6.07) is 1.59. The molecule has 0 aliphatic heterocycles. The molecule has 0 bridgehead atoms. The van der Waals surface area contributed by atoms with Gasteiger partial charge in [0.1, 0.15) is 11.6 Å². The molecule has 0 heterocycles. The van der Waals surface area contributed by atoms with Crippen LogP contribution in [0.15, 0.2) is 6.07 Å². The molecule has 0 nitrogen and oxygen atoms in total. The van der Waals surface area contributed by atoms with Crippen LogP contribution in [-0.2, 0) is 0 Å². The smallest absolute Gasteiger partial charge is 0.132 e. The highest BCUT2D eigenvalue weighted by Gasteiger charge is 2.14. The molecule has 0 unspecified atom stereocenters. The Balaban J connectivity index is 3.41. The predicted octanol–water partition coefficient (Wildman–Crippen LogP) is 3.71. The van der Waals surface area contributed by atoms with Crippen molar-refractivity contribution < 1.29 is 8.78 Å². The van der Waals surface area contributed by atoms with E-state index in [-0.39, 0.29) is 11.5 Å². The van der Waals surface area contributed by atoms with Gasteiger partial charge in [0.25, 0.3) is 0 Å². The minimum Gasteiger partial charge on any atom is -0.206 e. The van der Waals surface area contributed by atoms with Crippen molar-refractivity contribution >= 4 is 0 Å². The summed E-state index contributed by atoms with van der Waals surface area (Å²) in [5, 5.41) is 0. The van der Waals surface area contributed by atoms with Crippen molar-refractivity contribution in [2.45, 2.75) is 33.6 Å². The average molecular weight is 184 g/mol. The minimum absolute atomic E-state index is 0.0954. The van der Waals surface area contributed by atoms with E-state index in [2.05, 4.69) is 0 Å². The Hall–Kier alpha value is -0.920. The lowest BCUT2D eigenvalue weighted by molar-refractivity contribution is 0.546. The van der Waals surface area contributed by atoms with Gasteiger partial charge in [-0.25, -0.2) is 8.78 Å². The molecule has 13 heavy (non-hydrogen) atoms. The molecule has 0 amide bonds. The molecule has 0 aromatic heterocycles. The third-order valence-corrected chi connectivity index (χ3v) is 2.25. The van der Waals surface area contributed by atoms with Crippen LogP contribution in [0.1, 0.15) is 36.5 Å². The number of rotatable bonds is 1. The fourth-order valence-electron chi connectivity index (χ4n) is 1.39. The maximum absolute atomic E-state index is 13.5. The zero-order valence-electron chi connectivity index (χ0n) is 8.41. The Morgan fingerprint density at radius 3 is 2.08 bits per heavy atom. The first kappa shape index (κ1) is 10.2. The molecule has 0 saturated carbocycles. The van der Waals surface area contributed by atoms with Crippen molar-refractivity contribution in [2.75, 3.05) is 0 Å². The van der Waals surface area contributed by atoms with Crippen LogP contribution < -0.4 is 0 Å². The van der Waals surface area contributed by atoms with E-state index in [1.54, 1.807) is 13.0 Å². The predicted molar refractivity (Wildman–Crippen MR) is 49.9 cm³/mol. The first-order chi connectivity index (χ1) is 5.95. The molecule has 0 N–H and O–H groups in total. The number of aryl methyl sites for hydroxylation is 1.